The van der Waals surface area contributed by atoms with Crippen molar-refractivity contribution in [1.82, 2.24) is 0 Å². The summed E-state index contributed by atoms with van der Waals surface area (Å²) in [6.07, 6.45) is 5.26. The van der Waals surface area contributed by atoms with Gasteiger partial charge in [-0.1, -0.05) is 15.9 Å². The molecule has 1 heterocycles. The van der Waals surface area contributed by atoms with Crippen LogP contribution in [0.5, 0.6) is 11.5 Å². The molecule has 2 aliphatic carbocycles. The van der Waals surface area contributed by atoms with Crippen LogP contribution < -0.4 is 15.2 Å². The van der Waals surface area contributed by atoms with Crippen molar-refractivity contribution in [3.05, 3.63) is 22.2 Å². The van der Waals surface area contributed by atoms with Gasteiger partial charge < -0.3 is 15.2 Å². The van der Waals surface area contributed by atoms with Gasteiger partial charge in [0.25, 0.3) is 5.79 Å². The molecule has 90 valence electrons. The van der Waals surface area contributed by atoms with E-state index in [9.17, 15) is 0 Å². The van der Waals surface area contributed by atoms with Crippen LogP contribution in [0.3, 0.4) is 0 Å². The minimum Gasteiger partial charge on any atom is -0.448 e. The molecule has 0 unspecified atom stereocenters. The van der Waals surface area contributed by atoms with E-state index in [1.165, 1.54) is 6.42 Å². The molecule has 3 nitrogen and oxygen atoms in total. The summed E-state index contributed by atoms with van der Waals surface area (Å²) in [4.78, 5) is 0. The van der Waals surface area contributed by atoms with Crippen molar-refractivity contribution in [3.8, 4) is 11.5 Å². The van der Waals surface area contributed by atoms with Crippen LogP contribution in [0.25, 0.3) is 0 Å². The molecule has 2 saturated carbocycles. The quantitative estimate of drug-likeness (QED) is 0.866. The highest BCUT2D eigenvalue weighted by Crippen LogP contribution is 2.53. The smallest absolute Gasteiger partial charge is 0.251 e. The summed E-state index contributed by atoms with van der Waals surface area (Å²) < 4.78 is 12.9. The molecule has 1 aliphatic heterocycles. The molecule has 17 heavy (non-hydrogen) atoms. The fraction of sp³-hybridized carbons (Fsp3) is 0.538. The first-order chi connectivity index (χ1) is 8.10. The van der Waals surface area contributed by atoms with E-state index in [-0.39, 0.29) is 11.3 Å². The molecular formula is C13H14BrNO2. The van der Waals surface area contributed by atoms with Crippen LogP contribution in [-0.2, 0) is 5.54 Å². The first kappa shape index (κ1) is 10.2. The lowest BCUT2D eigenvalue weighted by Gasteiger charge is -2.35. The zero-order chi connectivity index (χ0) is 11.7. The largest absolute Gasteiger partial charge is 0.448 e. The minimum atomic E-state index is -0.355. The van der Waals surface area contributed by atoms with Crippen molar-refractivity contribution in [2.24, 2.45) is 5.73 Å². The molecule has 1 aromatic rings. The molecule has 0 saturated heterocycles. The van der Waals surface area contributed by atoms with Gasteiger partial charge in [-0.15, -0.1) is 0 Å². The Morgan fingerprint density at radius 3 is 2.24 bits per heavy atom. The van der Waals surface area contributed by atoms with Gasteiger partial charge in [0.1, 0.15) is 0 Å². The Morgan fingerprint density at radius 1 is 1.06 bits per heavy atom. The second kappa shape index (κ2) is 2.98. The lowest BCUT2D eigenvalue weighted by Crippen LogP contribution is -2.45. The van der Waals surface area contributed by atoms with Crippen LogP contribution >= 0.6 is 15.9 Å². The second-order valence-electron chi connectivity index (χ2n) is 5.40. The average Bonchev–Trinajstić information content (AvgIpc) is 2.86. The number of hydrogen-bond donors (Lipinski definition) is 1. The number of hydrogen-bond acceptors (Lipinski definition) is 3. The van der Waals surface area contributed by atoms with E-state index in [1.54, 1.807) is 0 Å². The summed E-state index contributed by atoms with van der Waals surface area (Å²) in [6, 6.07) is 4.06. The van der Waals surface area contributed by atoms with Crippen molar-refractivity contribution < 1.29 is 9.47 Å². The summed E-state index contributed by atoms with van der Waals surface area (Å²) >= 11 is 3.59. The first-order valence-corrected chi connectivity index (χ1v) is 6.91. The van der Waals surface area contributed by atoms with Crippen molar-refractivity contribution in [3.63, 3.8) is 0 Å². The third-order valence-corrected chi connectivity index (χ3v) is 4.72. The molecule has 2 N–H and O–H groups in total. The lowest BCUT2D eigenvalue weighted by atomic mass is 9.91. The van der Waals surface area contributed by atoms with E-state index in [0.717, 1.165) is 47.2 Å². The molecule has 0 aromatic heterocycles. The van der Waals surface area contributed by atoms with Gasteiger partial charge in [0, 0.05) is 22.9 Å². The van der Waals surface area contributed by atoms with Crippen molar-refractivity contribution in [1.29, 1.82) is 0 Å². The molecule has 0 bridgehead atoms. The first-order valence-electron chi connectivity index (χ1n) is 6.11. The molecule has 3 aliphatic rings. The summed E-state index contributed by atoms with van der Waals surface area (Å²) in [5.74, 6) is 1.36. The Hall–Kier alpha value is -0.740. The molecule has 0 amide bonds. The van der Waals surface area contributed by atoms with Crippen LogP contribution in [0.15, 0.2) is 16.6 Å². The average molecular weight is 296 g/mol. The number of fused-ring (bicyclic) bond motifs is 1. The predicted octanol–water partition coefficient (Wildman–Crippen LogP) is 3.05. The van der Waals surface area contributed by atoms with E-state index in [1.807, 2.05) is 6.07 Å². The summed E-state index contributed by atoms with van der Waals surface area (Å²) in [7, 11) is 0. The Labute approximate surface area is 108 Å². The lowest BCUT2D eigenvalue weighted by molar-refractivity contribution is -0.138. The SMILES string of the molecule is NC1(c2cc3c(cc2Br)OC2(CCC2)O3)CC1. The molecular weight excluding hydrogens is 282 g/mol. The van der Waals surface area contributed by atoms with Gasteiger partial charge in [-0.2, -0.15) is 0 Å². The van der Waals surface area contributed by atoms with E-state index in [0.29, 0.717) is 0 Å². The Morgan fingerprint density at radius 2 is 1.71 bits per heavy atom. The Balaban J connectivity index is 1.76. The van der Waals surface area contributed by atoms with Crippen LogP contribution in [0.2, 0.25) is 0 Å². The highest BCUT2D eigenvalue weighted by molar-refractivity contribution is 9.10. The van der Waals surface area contributed by atoms with Gasteiger partial charge in [0.15, 0.2) is 11.5 Å². The van der Waals surface area contributed by atoms with Crippen LogP contribution in [-0.4, -0.2) is 5.79 Å². The molecule has 1 aromatic carbocycles. The van der Waals surface area contributed by atoms with Gasteiger partial charge in [0.05, 0.1) is 0 Å². The van der Waals surface area contributed by atoms with Crippen molar-refractivity contribution in [2.45, 2.75) is 43.4 Å². The summed E-state index contributed by atoms with van der Waals surface area (Å²) in [5.41, 5.74) is 7.25. The summed E-state index contributed by atoms with van der Waals surface area (Å²) in [5, 5.41) is 0. The maximum Gasteiger partial charge on any atom is 0.251 e. The normalized spacial score (nSPS) is 25.8. The third kappa shape index (κ3) is 1.37. The van der Waals surface area contributed by atoms with Crippen molar-refractivity contribution in [2.75, 3.05) is 0 Å². The number of nitrogens with two attached hydrogens (primary N) is 1. The topological polar surface area (TPSA) is 44.5 Å². The Bertz CT molecular complexity index is 506. The number of rotatable bonds is 1. The predicted molar refractivity (Wildman–Crippen MR) is 67.1 cm³/mol. The number of benzene rings is 1. The van der Waals surface area contributed by atoms with Crippen LogP contribution in [0.4, 0.5) is 0 Å². The molecule has 4 heteroatoms. The standard InChI is InChI=1S/C13H14BrNO2/c14-9-7-11-10(6-8(9)12(15)4-5-12)16-13(17-11)2-1-3-13/h6-7H,1-5,15H2. The van der Waals surface area contributed by atoms with E-state index in [2.05, 4.69) is 22.0 Å². The fourth-order valence-corrected chi connectivity index (χ4v) is 3.29. The zero-order valence-electron chi connectivity index (χ0n) is 9.46. The monoisotopic (exact) mass is 295 g/mol. The van der Waals surface area contributed by atoms with E-state index >= 15 is 0 Å². The Kier molecular flexibility index (Phi) is 1.79. The maximum absolute atomic E-state index is 6.25. The third-order valence-electron chi connectivity index (χ3n) is 4.07. The zero-order valence-corrected chi connectivity index (χ0v) is 11.0. The summed E-state index contributed by atoms with van der Waals surface area (Å²) in [6.45, 7) is 0. The molecule has 2 fully saturated rings. The number of halogens is 1. The van der Waals surface area contributed by atoms with Crippen LogP contribution in [0.1, 0.15) is 37.7 Å². The van der Waals surface area contributed by atoms with Gasteiger partial charge >= 0.3 is 0 Å². The molecule has 0 radical (unpaired) electrons. The van der Waals surface area contributed by atoms with Gasteiger partial charge in [-0.05, 0) is 37.0 Å². The van der Waals surface area contributed by atoms with E-state index in [4.69, 9.17) is 15.2 Å². The fourth-order valence-electron chi connectivity index (χ4n) is 2.57. The maximum atomic E-state index is 6.25. The van der Waals surface area contributed by atoms with Gasteiger partial charge in [0.2, 0.25) is 0 Å². The highest BCUT2D eigenvalue weighted by Gasteiger charge is 2.49. The van der Waals surface area contributed by atoms with Gasteiger partial charge in [-0.25, -0.2) is 0 Å². The molecule has 1 spiro atoms. The van der Waals surface area contributed by atoms with Gasteiger partial charge in [-0.3, -0.25) is 0 Å². The minimum absolute atomic E-state index is 0.146. The molecule has 0 atom stereocenters. The second-order valence-corrected chi connectivity index (χ2v) is 6.26. The van der Waals surface area contributed by atoms with Crippen molar-refractivity contribution >= 4 is 15.9 Å². The molecule has 4 rings (SSSR count). The van der Waals surface area contributed by atoms with Crippen LogP contribution in [0, 0.1) is 0 Å². The number of ether oxygens (including phenoxy) is 2. The van der Waals surface area contributed by atoms with E-state index < -0.39 is 0 Å². The highest BCUT2D eigenvalue weighted by atomic mass is 79.9.